The van der Waals surface area contributed by atoms with Crippen LogP contribution in [0.2, 0.25) is 5.02 Å². The van der Waals surface area contributed by atoms with Gasteiger partial charge in [0, 0.05) is 5.56 Å². The van der Waals surface area contributed by atoms with Crippen LogP contribution in [0.3, 0.4) is 0 Å². The van der Waals surface area contributed by atoms with Crippen LogP contribution in [0, 0.1) is 0 Å². The average Bonchev–Trinajstić information content (AvgIpc) is 2.96. The van der Waals surface area contributed by atoms with Gasteiger partial charge in [0.1, 0.15) is 6.54 Å². The van der Waals surface area contributed by atoms with Gasteiger partial charge in [0.2, 0.25) is 0 Å². The predicted molar refractivity (Wildman–Crippen MR) is 110 cm³/mol. The molecule has 1 aliphatic rings. The molecule has 0 aliphatic carbocycles. The van der Waals surface area contributed by atoms with Crippen molar-refractivity contribution in [1.29, 1.82) is 0 Å². The first-order valence-corrected chi connectivity index (χ1v) is 9.62. The molecule has 1 fully saturated rings. The van der Waals surface area contributed by atoms with E-state index in [2.05, 4.69) is 0 Å². The Bertz CT molecular complexity index is 1080. The number of carbonyl (C=O) groups is 4. The summed E-state index contributed by atoms with van der Waals surface area (Å²) in [7, 11) is 1.38. The number of carbonyl (C=O) groups excluding carboxylic acids is 3. The van der Waals surface area contributed by atoms with E-state index in [-0.39, 0.29) is 32.6 Å². The number of halogens is 1. The van der Waals surface area contributed by atoms with Gasteiger partial charge in [-0.05, 0) is 36.0 Å². The first-order chi connectivity index (χ1) is 14.3. The van der Waals surface area contributed by atoms with E-state index in [1.165, 1.54) is 19.3 Å². The molecule has 0 saturated carbocycles. The number of imide groups is 1. The number of aliphatic carboxylic acids is 1. The van der Waals surface area contributed by atoms with Gasteiger partial charge in [-0.25, -0.2) is 4.79 Å². The summed E-state index contributed by atoms with van der Waals surface area (Å²) in [6.45, 7) is -0.742. The molecule has 1 aliphatic heterocycles. The molecule has 0 bridgehead atoms. The SMILES string of the molecule is COc1cccc(C=C2SC(=O)N(CC(=O)O)C2=O)c1OC(=O)c1ccccc1Cl. The van der Waals surface area contributed by atoms with Crippen molar-refractivity contribution >= 4 is 52.5 Å². The molecule has 0 aromatic heterocycles. The highest BCUT2D eigenvalue weighted by molar-refractivity contribution is 8.18. The van der Waals surface area contributed by atoms with E-state index in [1.54, 1.807) is 36.4 Å². The Morgan fingerprint density at radius 3 is 2.57 bits per heavy atom. The van der Waals surface area contributed by atoms with Crippen LogP contribution in [0.4, 0.5) is 4.79 Å². The minimum absolute atomic E-state index is 0.00968. The summed E-state index contributed by atoms with van der Waals surface area (Å²) in [5, 5.41) is 8.37. The number of nitrogens with zero attached hydrogens (tertiary/aromatic N) is 1. The van der Waals surface area contributed by atoms with Gasteiger partial charge in [-0.15, -0.1) is 0 Å². The number of amides is 2. The van der Waals surface area contributed by atoms with Crippen LogP contribution in [0.15, 0.2) is 47.4 Å². The van der Waals surface area contributed by atoms with Crippen molar-refractivity contribution in [3.8, 4) is 11.5 Å². The Kier molecular flexibility index (Phi) is 6.43. The molecule has 2 aromatic rings. The maximum Gasteiger partial charge on any atom is 0.345 e. The molecular formula is C20H14ClNO7S. The summed E-state index contributed by atoms with van der Waals surface area (Å²) in [6, 6.07) is 11.1. The number of esters is 1. The van der Waals surface area contributed by atoms with Gasteiger partial charge in [0.05, 0.1) is 22.6 Å². The van der Waals surface area contributed by atoms with Crippen LogP contribution in [-0.4, -0.2) is 46.7 Å². The van der Waals surface area contributed by atoms with Crippen LogP contribution in [0.5, 0.6) is 11.5 Å². The first-order valence-electron chi connectivity index (χ1n) is 8.42. The second-order valence-corrected chi connectivity index (χ2v) is 7.31. The molecule has 10 heteroatoms. The van der Waals surface area contributed by atoms with Crippen molar-refractivity contribution in [3.63, 3.8) is 0 Å². The van der Waals surface area contributed by atoms with Crippen LogP contribution in [0.25, 0.3) is 6.08 Å². The zero-order valence-electron chi connectivity index (χ0n) is 15.5. The zero-order chi connectivity index (χ0) is 21.8. The number of para-hydroxylation sites is 1. The number of hydrogen-bond donors (Lipinski definition) is 1. The van der Waals surface area contributed by atoms with Crippen LogP contribution in [-0.2, 0) is 9.59 Å². The molecule has 1 heterocycles. The lowest BCUT2D eigenvalue weighted by Crippen LogP contribution is -2.33. The normalized spacial score (nSPS) is 14.9. The van der Waals surface area contributed by atoms with Gasteiger partial charge in [-0.2, -0.15) is 0 Å². The average molecular weight is 448 g/mol. The highest BCUT2D eigenvalue weighted by atomic mass is 35.5. The Hall–Kier alpha value is -3.30. The summed E-state index contributed by atoms with van der Waals surface area (Å²) in [6.07, 6.45) is 1.34. The Balaban J connectivity index is 1.97. The van der Waals surface area contributed by atoms with E-state index in [0.717, 1.165) is 0 Å². The van der Waals surface area contributed by atoms with Crippen molar-refractivity contribution in [2.45, 2.75) is 0 Å². The number of benzene rings is 2. The number of ether oxygens (including phenoxy) is 2. The van der Waals surface area contributed by atoms with E-state index in [0.29, 0.717) is 16.7 Å². The molecule has 30 heavy (non-hydrogen) atoms. The minimum atomic E-state index is -1.31. The molecular weight excluding hydrogens is 434 g/mol. The van der Waals surface area contributed by atoms with Crippen LogP contribution in [0.1, 0.15) is 15.9 Å². The third-order valence-electron chi connectivity index (χ3n) is 3.97. The van der Waals surface area contributed by atoms with Gasteiger partial charge in [-0.3, -0.25) is 19.3 Å². The van der Waals surface area contributed by atoms with Crippen LogP contribution < -0.4 is 9.47 Å². The lowest BCUT2D eigenvalue weighted by Gasteiger charge is -2.13. The number of hydrogen-bond acceptors (Lipinski definition) is 7. The topological polar surface area (TPSA) is 110 Å². The van der Waals surface area contributed by atoms with Crippen molar-refractivity contribution < 1.29 is 33.8 Å². The van der Waals surface area contributed by atoms with Gasteiger partial charge in [-0.1, -0.05) is 35.9 Å². The molecule has 0 unspecified atom stereocenters. The molecule has 1 N–H and O–H groups in total. The molecule has 8 nitrogen and oxygen atoms in total. The smallest absolute Gasteiger partial charge is 0.345 e. The maximum atomic E-state index is 12.6. The molecule has 2 aromatic carbocycles. The fourth-order valence-corrected chi connectivity index (χ4v) is 3.65. The second kappa shape index (κ2) is 9.02. The summed E-state index contributed by atoms with van der Waals surface area (Å²) in [5.74, 6) is -2.56. The van der Waals surface area contributed by atoms with Crippen molar-refractivity contribution in [2.75, 3.05) is 13.7 Å². The maximum absolute atomic E-state index is 12.6. The Morgan fingerprint density at radius 2 is 1.90 bits per heavy atom. The molecule has 2 amide bonds. The summed E-state index contributed by atoms with van der Waals surface area (Å²) >= 11 is 6.64. The highest BCUT2D eigenvalue weighted by Gasteiger charge is 2.36. The quantitative estimate of drug-likeness (QED) is 0.405. The first kappa shape index (κ1) is 21.4. The molecule has 154 valence electrons. The molecule has 0 spiro atoms. The van der Waals surface area contributed by atoms with Crippen molar-refractivity contribution in [2.24, 2.45) is 0 Å². The number of rotatable bonds is 6. The molecule has 1 saturated heterocycles. The fourth-order valence-electron chi connectivity index (χ4n) is 2.60. The molecule has 0 radical (unpaired) electrons. The summed E-state index contributed by atoms with van der Waals surface area (Å²) in [5.41, 5.74) is 0.424. The summed E-state index contributed by atoms with van der Waals surface area (Å²) < 4.78 is 10.7. The second-order valence-electron chi connectivity index (χ2n) is 5.91. The Labute approximate surface area is 180 Å². The number of thioether (sulfide) groups is 1. The third-order valence-corrected chi connectivity index (χ3v) is 5.21. The van der Waals surface area contributed by atoms with Crippen molar-refractivity contribution in [3.05, 3.63) is 63.5 Å². The van der Waals surface area contributed by atoms with Gasteiger partial charge < -0.3 is 14.6 Å². The highest BCUT2D eigenvalue weighted by Crippen LogP contribution is 2.37. The number of carboxylic acids is 1. The fraction of sp³-hybridized carbons (Fsp3) is 0.100. The lowest BCUT2D eigenvalue weighted by molar-refractivity contribution is -0.140. The lowest BCUT2D eigenvalue weighted by atomic mass is 10.1. The third kappa shape index (κ3) is 4.47. The number of methoxy groups -OCH3 is 1. The van der Waals surface area contributed by atoms with Crippen LogP contribution >= 0.6 is 23.4 Å². The largest absolute Gasteiger partial charge is 0.493 e. The summed E-state index contributed by atoms with van der Waals surface area (Å²) in [4.78, 5) is 48.5. The van der Waals surface area contributed by atoms with E-state index in [9.17, 15) is 19.2 Å². The monoisotopic (exact) mass is 447 g/mol. The Morgan fingerprint density at radius 1 is 1.17 bits per heavy atom. The van der Waals surface area contributed by atoms with E-state index in [4.69, 9.17) is 26.2 Å². The van der Waals surface area contributed by atoms with Gasteiger partial charge in [0.25, 0.3) is 11.1 Å². The van der Waals surface area contributed by atoms with E-state index >= 15 is 0 Å². The van der Waals surface area contributed by atoms with E-state index < -0.39 is 29.6 Å². The molecule has 0 atom stereocenters. The standard InChI is InChI=1S/C20H14ClNO7S/c1-28-14-8-4-5-11(9-15-18(25)22(10-16(23)24)20(27)30-15)17(14)29-19(26)12-6-2-3-7-13(12)21/h2-9H,10H2,1H3,(H,23,24). The van der Waals surface area contributed by atoms with E-state index in [1.807, 2.05) is 0 Å². The molecule has 3 rings (SSSR count). The predicted octanol–water partition coefficient (Wildman–Crippen LogP) is 3.69. The minimum Gasteiger partial charge on any atom is -0.493 e. The zero-order valence-corrected chi connectivity index (χ0v) is 17.0. The van der Waals surface area contributed by atoms with Gasteiger partial charge >= 0.3 is 11.9 Å². The van der Waals surface area contributed by atoms with Gasteiger partial charge in [0.15, 0.2) is 11.5 Å². The number of carboxylic acid groups (broad SMARTS) is 1. The van der Waals surface area contributed by atoms with Crippen molar-refractivity contribution in [1.82, 2.24) is 4.90 Å².